The molecule has 0 aliphatic carbocycles. The number of amides is 2. The molecule has 10 nitrogen and oxygen atoms in total. The van der Waals surface area contributed by atoms with Gasteiger partial charge in [-0.1, -0.05) is 66.7 Å². The molecule has 4 heterocycles. The number of carbonyl (C=O) groups excluding carboxylic acids is 2. The molecule has 6 rings (SSSR count). The summed E-state index contributed by atoms with van der Waals surface area (Å²) in [6.07, 6.45) is 6.41. The third-order valence-electron chi connectivity index (χ3n) is 7.24. The Kier molecular flexibility index (Phi) is 16.4. The highest BCUT2D eigenvalue weighted by Crippen LogP contribution is 2.35. The van der Waals surface area contributed by atoms with E-state index in [1.165, 1.54) is 22.5 Å². The standard InChI is InChI=1S/C21H22N2O2S.C11H8BrN.C10H16BNO4S/c1-21(2,3)25-20(24)23-13-16-9-10-19(26-16)18-14-22-12-11-17(18)15-7-5-4-6-8-15;12-11-8-13-7-6-10(11)9-4-2-1-3-5-9;1-10(2,3)16-9(13)12-6-7-4-5-8(17-7)11(14)15/h4-12,14H,13H2,1-3H3,(H,23,24);1-8H;4-5,14-15H,6H2,1-3H3,(H,12,13). The molecule has 0 fully saturated rings. The summed E-state index contributed by atoms with van der Waals surface area (Å²) in [5.41, 5.74) is 4.76. The molecule has 4 N–H and O–H groups in total. The van der Waals surface area contributed by atoms with Gasteiger partial charge in [-0.25, -0.2) is 9.59 Å². The Morgan fingerprint density at radius 2 is 1.12 bits per heavy atom. The number of benzene rings is 2. The van der Waals surface area contributed by atoms with Gasteiger partial charge >= 0.3 is 19.3 Å². The predicted molar refractivity (Wildman–Crippen MR) is 231 cm³/mol. The largest absolute Gasteiger partial charge is 0.499 e. The van der Waals surface area contributed by atoms with Crippen LogP contribution >= 0.6 is 38.6 Å². The lowest BCUT2D eigenvalue weighted by Gasteiger charge is -2.19. The van der Waals surface area contributed by atoms with Crippen molar-refractivity contribution < 1.29 is 29.1 Å². The highest BCUT2D eigenvalue weighted by molar-refractivity contribution is 9.10. The van der Waals surface area contributed by atoms with Crippen LogP contribution in [0.15, 0.2) is 126 Å². The molecule has 14 heteroatoms. The summed E-state index contributed by atoms with van der Waals surface area (Å²) in [4.78, 5) is 34.5. The number of alkyl carbamates (subject to hydrolysis) is 2. The van der Waals surface area contributed by atoms with Crippen LogP contribution in [0, 0.1) is 0 Å². The van der Waals surface area contributed by atoms with Crippen molar-refractivity contribution in [3.05, 3.63) is 136 Å². The molecular weight excluding hydrogens is 811 g/mol. The first-order valence-electron chi connectivity index (χ1n) is 17.7. The number of aromatic nitrogens is 2. The second-order valence-electron chi connectivity index (χ2n) is 14.2. The monoisotopic (exact) mass is 856 g/mol. The number of carbonyl (C=O) groups is 2. The first-order valence-corrected chi connectivity index (χ1v) is 20.1. The maximum Gasteiger partial charge on any atom is 0.499 e. The van der Waals surface area contributed by atoms with Crippen molar-refractivity contribution in [3.8, 4) is 32.7 Å². The molecule has 0 saturated carbocycles. The minimum Gasteiger partial charge on any atom is -0.444 e. The molecule has 2 amide bonds. The van der Waals surface area contributed by atoms with Crippen LogP contribution in [0.4, 0.5) is 9.59 Å². The van der Waals surface area contributed by atoms with Crippen molar-refractivity contribution in [3.63, 3.8) is 0 Å². The number of halogens is 1. The second kappa shape index (κ2) is 20.9. The topological polar surface area (TPSA) is 143 Å². The van der Waals surface area contributed by atoms with Crippen LogP contribution in [0.2, 0.25) is 0 Å². The highest BCUT2D eigenvalue weighted by atomic mass is 79.9. The summed E-state index contributed by atoms with van der Waals surface area (Å²) < 4.78 is 11.8. The molecular formula is C42H46BBrN4O6S2. The fourth-order valence-corrected chi connectivity index (χ4v) is 7.16. The molecule has 0 aliphatic rings. The fraction of sp³-hybridized carbons (Fsp3) is 0.238. The van der Waals surface area contributed by atoms with E-state index in [4.69, 9.17) is 19.5 Å². The summed E-state index contributed by atoms with van der Waals surface area (Å²) in [6.45, 7) is 11.7. The van der Waals surface area contributed by atoms with Gasteiger partial charge in [-0.05, 0) is 110 Å². The molecule has 0 radical (unpaired) electrons. The zero-order chi connectivity index (χ0) is 40.7. The van der Waals surface area contributed by atoms with Crippen molar-refractivity contribution >= 4 is 62.7 Å². The van der Waals surface area contributed by atoms with Crippen LogP contribution in [-0.2, 0) is 22.6 Å². The van der Waals surface area contributed by atoms with E-state index in [1.807, 2.05) is 94.0 Å². The summed E-state index contributed by atoms with van der Waals surface area (Å²) in [6, 6.07) is 32.0. The van der Waals surface area contributed by atoms with Crippen LogP contribution < -0.4 is 15.4 Å². The average Bonchev–Trinajstić information content (AvgIpc) is 3.84. The fourth-order valence-electron chi connectivity index (χ4n) is 4.88. The molecule has 0 bridgehead atoms. The van der Waals surface area contributed by atoms with E-state index in [0.717, 1.165) is 35.8 Å². The van der Waals surface area contributed by atoms with Gasteiger partial charge in [-0.15, -0.1) is 22.7 Å². The van der Waals surface area contributed by atoms with E-state index in [9.17, 15) is 9.59 Å². The van der Waals surface area contributed by atoms with Crippen LogP contribution in [0.3, 0.4) is 0 Å². The summed E-state index contributed by atoms with van der Waals surface area (Å²) >= 11 is 6.35. The molecule has 0 aliphatic heterocycles. The Labute approximate surface area is 345 Å². The normalized spacial score (nSPS) is 10.9. The summed E-state index contributed by atoms with van der Waals surface area (Å²) in [5.74, 6) is 0. The number of ether oxygens (including phenoxy) is 2. The molecule has 56 heavy (non-hydrogen) atoms. The van der Waals surface area contributed by atoms with Crippen LogP contribution in [-0.4, -0.2) is 50.5 Å². The Morgan fingerprint density at radius 1 is 0.643 bits per heavy atom. The number of hydrogen-bond acceptors (Lipinski definition) is 10. The van der Waals surface area contributed by atoms with Crippen molar-refractivity contribution in [2.75, 3.05) is 0 Å². The average molecular weight is 858 g/mol. The van der Waals surface area contributed by atoms with Crippen molar-refractivity contribution in [2.45, 2.75) is 65.8 Å². The maximum atomic E-state index is 11.8. The highest BCUT2D eigenvalue weighted by Gasteiger charge is 2.18. The van der Waals surface area contributed by atoms with Gasteiger partial charge in [-0.3, -0.25) is 9.97 Å². The SMILES string of the molecule is Brc1cnccc1-c1ccccc1.CC(C)(C)OC(=O)NCc1ccc(-c2cnccc2-c2ccccc2)s1.CC(C)(C)OC(=O)NCc1ccc(B(O)O)s1. The Hall–Kier alpha value is -4.86. The Morgan fingerprint density at radius 3 is 1.62 bits per heavy atom. The van der Waals surface area contributed by atoms with Gasteiger partial charge in [0.15, 0.2) is 0 Å². The van der Waals surface area contributed by atoms with Gasteiger partial charge in [0.2, 0.25) is 0 Å². The van der Waals surface area contributed by atoms with Crippen molar-refractivity contribution in [2.24, 2.45) is 0 Å². The molecule has 2 aromatic carbocycles. The van der Waals surface area contributed by atoms with E-state index >= 15 is 0 Å². The summed E-state index contributed by atoms with van der Waals surface area (Å²) in [7, 11) is -1.46. The third-order valence-corrected chi connectivity index (χ3v) is 10.1. The zero-order valence-electron chi connectivity index (χ0n) is 32.2. The van der Waals surface area contributed by atoms with Gasteiger partial charge in [-0.2, -0.15) is 0 Å². The van der Waals surface area contributed by atoms with Crippen molar-refractivity contribution in [1.82, 2.24) is 20.6 Å². The van der Waals surface area contributed by atoms with Gasteiger partial charge in [0.1, 0.15) is 11.2 Å². The predicted octanol–water partition coefficient (Wildman–Crippen LogP) is 9.47. The van der Waals surface area contributed by atoms with Crippen LogP contribution in [0.25, 0.3) is 32.7 Å². The number of nitrogens with one attached hydrogen (secondary N) is 2. The van der Waals surface area contributed by atoms with E-state index in [0.29, 0.717) is 17.9 Å². The lowest BCUT2D eigenvalue weighted by molar-refractivity contribution is 0.0512. The minimum absolute atomic E-state index is 0.312. The van der Waals surface area contributed by atoms with E-state index in [1.54, 1.807) is 50.4 Å². The molecule has 292 valence electrons. The van der Waals surface area contributed by atoms with Gasteiger partial charge in [0, 0.05) is 54.2 Å². The molecule has 6 aromatic rings. The molecule has 0 saturated heterocycles. The zero-order valence-corrected chi connectivity index (χ0v) is 35.4. The smallest absolute Gasteiger partial charge is 0.444 e. The van der Waals surface area contributed by atoms with Crippen LogP contribution in [0.1, 0.15) is 51.3 Å². The Balaban J connectivity index is 0.000000200. The number of rotatable bonds is 8. The quantitative estimate of drug-likeness (QED) is 0.111. The number of pyridine rings is 2. The minimum atomic E-state index is -1.46. The maximum absolute atomic E-state index is 11.8. The second-order valence-corrected chi connectivity index (χ2v) is 17.4. The van der Waals surface area contributed by atoms with Gasteiger partial charge in [0.25, 0.3) is 0 Å². The third kappa shape index (κ3) is 15.0. The van der Waals surface area contributed by atoms with E-state index in [2.05, 4.69) is 66.9 Å². The lowest BCUT2D eigenvalue weighted by Crippen LogP contribution is -2.32. The summed E-state index contributed by atoms with van der Waals surface area (Å²) in [5, 5.41) is 23.2. The Bertz CT molecular complexity index is 2130. The number of hydrogen-bond donors (Lipinski definition) is 4. The van der Waals surface area contributed by atoms with E-state index in [-0.39, 0.29) is 0 Å². The molecule has 0 unspecified atom stereocenters. The van der Waals surface area contributed by atoms with Crippen molar-refractivity contribution in [1.29, 1.82) is 0 Å². The van der Waals surface area contributed by atoms with Gasteiger partial charge in [0.05, 0.1) is 13.1 Å². The van der Waals surface area contributed by atoms with Crippen LogP contribution in [0.5, 0.6) is 0 Å². The molecule has 4 aromatic heterocycles. The first kappa shape index (κ1) is 43.9. The van der Waals surface area contributed by atoms with E-state index < -0.39 is 30.5 Å². The number of nitrogens with zero attached hydrogens (tertiary/aromatic N) is 2. The molecule has 0 atom stereocenters. The first-order chi connectivity index (χ1) is 26.6. The molecule has 0 spiro atoms. The number of thiophene rings is 2. The lowest BCUT2D eigenvalue weighted by atomic mass is 9.90. The van der Waals surface area contributed by atoms with Gasteiger partial charge < -0.3 is 30.2 Å².